The first-order valence-electron chi connectivity index (χ1n) is 8.58. The minimum Gasteiger partial charge on any atom is -0.333 e. The largest absolute Gasteiger partial charge is 0.333 e. The molecule has 0 aliphatic rings. The van der Waals surface area contributed by atoms with Crippen molar-refractivity contribution < 1.29 is 18.4 Å². The van der Waals surface area contributed by atoms with Gasteiger partial charge in [-0.1, -0.05) is 11.6 Å². The maximum atomic E-state index is 13.4. The van der Waals surface area contributed by atoms with Crippen LogP contribution in [0.4, 0.5) is 14.6 Å². The van der Waals surface area contributed by atoms with Crippen molar-refractivity contribution in [2.45, 2.75) is 13.5 Å². The summed E-state index contributed by atoms with van der Waals surface area (Å²) in [7, 11) is 0. The maximum Gasteiger partial charge on any atom is 0.272 e. The van der Waals surface area contributed by atoms with Crippen molar-refractivity contribution in [1.29, 1.82) is 0 Å². The molecule has 0 saturated heterocycles. The summed E-state index contributed by atoms with van der Waals surface area (Å²) in [4.78, 5) is 30.5. The number of nitrogens with zero attached hydrogens (tertiary/aromatic N) is 3. The second-order valence-corrected chi connectivity index (χ2v) is 6.45. The van der Waals surface area contributed by atoms with E-state index < -0.39 is 17.5 Å². The highest BCUT2D eigenvalue weighted by Gasteiger charge is 2.20. The van der Waals surface area contributed by atoms with Gasteiger partial charge in [0.2, 0.25) is 0 Å². The highest BCUT2D eigenvalue weighted by atomic mass is 35.5. The minimum absolute atomic E-state index is 0.0408. The van der Waals surface area contributed by atoms with E-state index in [1.807, 2.05) is 6.92 Å². The molecule has 10 heteroatoms. The number of amides is 2. The molecule has 1 aromatic carbocycles. The molecule has 0 radical (unpaired) electrons. The lowest BCUT2D eigenvalue weighted by molar-refractivity contribution is 0.0746. The molecule has 0 unspecified atom stereocenters. The average Bonchev–Trinajstić information content (AvgIpc) is 3.17. The molecule has 0 aliphatic heterocycles. The number of benzene rings is 1. The SMILES string of the molecule is CCN(Cc1ccncc1)C(=O)c1cc(NC(=O)c2cc(F)c(F)cc2Cl)n[nH]1. The van der Waals surface area contributed by atoms with Crippen molar-refractivity contribution in [3.05, 3.63) is 76.2 Å². The second-order valence-electron chi connectivity index (χ2n) is 6.04. The molecule has 3 rings (SSSR count). The predicted octanol–water partition coefficient (Wildman–Crippen LogP) is 3.65. The van der Waals surface area contributed by atoms with Gasteiger partial charge < -0.3 is 10.2 Å². The molecule has 0 aliphatic carbocycles. The average molecular weight is 420 g/mol. The molecule has 7 nitrogen and oxygen atoms in total. The minimum atomic E-state index is -1.20. The summed E-state index contributed by atoms with van der Waals surface area (Å²) in [6.45, 7) is 2.67. The molecule has 2 aromatic heterocycles. The van der Waals surface area contributed by atoms with Crippen LogP contribution in [0.2, 0.25) is 5.02 Å². The van der Waals surface area contributed by atoms with E-state index in [1.165, 1.54) is 6.07 Å². The highest BCUT2D eigenvalue weighted by molar-refractivity contribution is 6.34. The van der Waals surface area contributed by atoms with Gasteiger partial charge >= 0.3 is 0 Å². The Morgan fingerprint density at radius 1 is 1.17 bits per heavy atom. The van der Waals surface area contributed by atoms with Crippen LogP contribution < -0.4 is 5.32 Å². The van der Waals surface area contributed by atoms with Crippen LogP contribution in [0.5, 0.6) is 0 Å². The van der Waals surface area contributed by atoms with Crippen LogP contribution >= 0.6 is 11.6 Å². The Labute approximate surface area is 169 Å². The number of nitrogens with one attached hydrogen (secondary N) is 2. The number of hydrogen-bond acceptors (Lipinski definition) is 4. The van der Waals surface area contributed by atoms with Gasteiger partial charge in [-0.25, -0.2) is 8.78 Å². The Morgan fingerprint density at radius 2 is 1.86 bits per heavy atom. The van der Waals surface area contributed by atoms with Crippen molar-refractivity contribution in [2.75, 3.05) is 11.9 Å². The molecule has 2 N–H and O–H groups in total. The number of pyridine rings is 1. The Bertz CT molecular complexity index is 1040. The second kappa shape index (κ2) is 8.78. The molecule has 0 bridgehead atoms. The number of carbonyl (C=O) groups is 2. The third-order valence-electron chi connectivity index (χ3n) is 4.10. The van der Waals surface area contributed by atoms with Crippen molar-refractivity contribution in [1.82, 2.24) is 20.1 Å². The monoisotopic (exact) mass is 419 g/mol. The van der Waals surface area contributed by atoms with Gasteiger partial charge in [-0.2, -0.15) is 5.10 Å². The van der Waals surface area contributed by atoms with E-state index in [-0.39, 0.29) is 28.0 Å². The number of anilines is 1. The highest BCUT2D eigenvalue weighted by Crippen LogP contribution is 2.21. The fraction of sp³-hybridized carbons (Fsp3) is 0.158. The third kappa shape index (κ3) is 4.75. The van der Waals surface area contributed by atoms with E-state index in [2.05, 4.69) is 20.5 Å². The van der Waals surface area contributed by atoms with Gasteiger partial charge in [-0.15, -0.1) is 0 Å². The van der Waals surface area contributed by atoms with E-state index in [1.54, 1.807) is 29.4 Å². The molecule has 0 fully saturated rings. The lowest BCUT2D eigenvalue weighted by Crippen LogP contribution is -2.30. The summed E-state index contributed by atoms with van der Waals surface area (Å²) >= 11 is 5.79. The van der Waals surface area contributed by atoms with Gasteiger partial charge in [0.1, 0.15) is 5.69 Å². The number of hydrogen-bond donors (Lipinski definition) is 2. The van der Waals surface area contributed by atoms with Crippen molar-refractivity contribution in [3.63, 3.8) is 0 Å². The third-order valence-corrected chi connectivity index (χ3v) is 4.41. The van der Waals surface area contributed by atoms with Gasteiger partial charge in [0, 0.05) is 31.5 Å². The zero-order valence-corrected chi connectivity index (χ0v) is 16.0. The fourth-order valence-electron chi connectivity index (χ4n) is 2.58. The zero-order valence-electron chi connectivity index (χ0n) is 15.2. The summed E-state index contributed by atoms with van der Waals surface area (Å²) in [6.07, 6.45) is 3.28. The number of H-pyrrole nitrogens is 1. The number of rotatable bonds is 6. The predicted molar refractivity (Wildman–Crippen MR) is 103 cm³/mol. The quantitative estimate of drug-likeness (QED) is 0.597. The van der Waals surface area contributed by atoms with E-state index in [9.17, 15) is 18.4 Å². The first-order chi connectivity index (χ1) is 13.9. The normalized spacial score (nSPS) is 10.6. The lowest BCUT2D eigenvalue weighted by Gasteiger charge is -2.19. The van der Waals surface area contributed by atoms with Gasteiger partial charge in [0.05, 0.1) is 10.6 Å². The summed E-state index contributed by atoms with van der Waals surface area (Å²) < 4.78 is 26.5. The molecular weight excluding hydrogens is 404 g/mol. The summed E-state index contributed by atoms with van der Waals surface area (Å²) in [5, 5.41) is 8.58. The number of aromatic amines is 1. The van der Waals surface area contributed by atoms with Gasteiger partial charge in [0.25, 0.3) is 11.8 Å². The van der Waals surface area contributed by atoms with Crippen molar-refractivity contribution in [2.24, 2.45) is 0 Å². The molecular formula is C19H16ClF2N5O2. The molecule has 0 spiro atoms. The van der Waals surface area contributed by atoms with Crippen molar-refractivity contribution >= 4 is 29.2 Å². The molecule has 0 saturated carbocycles. The number of halogens is 3. The van der Waals surface area contributed by atoms with Crippen LogP contribution in [0, 0.1) is 11.6 Å². The topological polar surface area (TPSA) is 91.0 Å². The van der Waals surface area contributed by atoms with E-state index in [0.717, 1.165) is 5.56 Å². The summed E-state index contributed by atoms with van der Waals surface area (Å²) in [5.74, 6) is -3.42. The first kappa shape index (κ1) is 20.4. The Kier molecular flexibility index (Phi) is 6.18. The molecule has 150 valence electrons. The van der Waals surface area contributed by atoms with Crippen LogP contribution in [-0.4, -0.2) is 38.4 Å². The molecule has 2 amide bonds. The number of carbonyl (C=O) groups excluding carboxylic acids is 2. The Morgan fingerprint density at radius 3 is 2.55 bits per heavy atom. The fourth-order valence-corrected chi connectivity index (χ4v) is 2.82. The Balaban J connectivity index is 1.72. The first-order valence-corrected chi connectivity index (χ1v) is 8.96. The molecule has 3 aromatic rings. The lowest BCUT2D eigenvalue weighted by atomic mass is 10.2. The molecule has 2 heterocycles. The van der Waals surface area contributed by atoms with Crippen LogP contribution in [0.15, 0.2) is 42.7 Å². The maximum absolute atomic E-state index is 13.4. The Hall–Kier alpha value is -3.33. The smallest absolute Gasteiger partial charge is 0.272 e. The number of aromatic nitrogens is 3. The van der Waals surface area contributed by atoms with Gasteiger partial charge in [-0.05, 0) is 36.8 Å². The van der Waals surface area contributed by atoms with Gasteiger partial charge in [0.15, 0.2) is 17.5 Å². The van der Waals surface area contributed by atoms with E-state index in [0.29, 0.717) is 25.2 Å². The summed E-state index contributed by atoms with van der Waals surface area (Å²) in [5.41, 5.74) is 0.818. The van der Waals surface area contributed by atoms with Crippen LogP contribution in [-0.2, 0) is 6.54 Å². The van der Waals surface area contributed by atoms with Crippen LogP contribution in [0.3, 0.4) is 0 Å². The molecule has 29 heavy (non-hydrogen) atoms. The van der Waals surface area contributed by atoms with Crippen molar-refractivity contribution in [3.8, 4) is 0 Å². The standard InChI is InChI=1S/C19H16ClF2N5O2/c1-2-27(10-11-3-5-23-6-4-11)19(29)16-9-17(26-25-16)24-18(28)12-7-14(21)15(22)8-13(12)20/h3-9H,2,10H2,1H3,(H2,24,25,26,28). The zero-order chi connectivity index (χ0) is 21.0. The summed E-state index contributed by atoms with van der Waals surface area (Å²) in [6, 6.07) is 6.37. The molecule has 0 atom stereocenters. The van der Waals surface area contributed by atoms with Crippen LogP contribution in [0.25, 0.3) is 0 Å². The van der Waals surface area contributed by atoms with Gasteiger partial charge in [-0.3, -0.25) is 19.7 Å². The van der Waals surface area contributed by atoms with Crippen LogP contribution in [0.1, 0.15) is 33.3 Å². The van der Waals surface area contributed by atoms with E-state index >= 15 is 0 Å². The van der Waals surface area contributed by atoms with E-state index in [4.69, 9.17) is 11.6 Å².